The fourth-order valence-electron chi connectivity index (χ4n) is 5.61. The first-order valence-electron chi connectivity index (χ1n) is 15.3. The summed E-state index contributed by atoms with van der Waals surface area (Å²) in [4.78, 5) is 62.1. The van der Waals surface area contributed by atoms with Gasteiger partial charge in [-0.1, -0.05) is 11.6 Å². The van der Waals surface area contributed by atoms with Crippen LogP contribution in [-0.2, 0) is 19.2 Å². The van der Waals surface area contributed by atoms with E-state index in [4.69, 9.17) is 30.3 Å². The van der Waals surface area contributed by atoms with Crippen molar-refractivity contribution in [3.8, 4) is 5.75 Å². The molecule has 14 heteroatoms. The summed E-state index contributed by atoms with van der Waals surface area (Å²) < 4.78 is 16.8. The van der Waals surface area contributed by atoms with Crippen LogP contribution in [0.2, 0.25) is 5.02 Å². The van der Waals surface area contributed by atoms with Gasteiger partial charge < -0.3 is 29.4 Å². The lowest BCUT2D eigenvalue weighted by molar-refractivity contribution is -0.130. The van der Waals surface area contributed by atoms with Crippen molar-refractivity contribution >= 4 is 57.9 Å². The summed E-state index contributed by atoms with van der Waals surface area (Å²) in [6.07, 6.45) is 4.89. The highest BCUT2D eigenvalue weighted by Gasteiger charge is 2.34. The smallest absolute Gasteiger partial charge is 0.431 e. The number of carbonyl (C=O) groups is 4. The van der Waals surface area contributed by atoms with Gasteiger partial charge in [-0.05, 0) is 83.2 Å². The maximum Gasteiger partial charge on any atom is 0.431 e. The summed E-state index contributed by atoms with van der Waals surface area (Å²) >= 11 is 5.93. The van der Waals surface area contributed by atoms with E-state index in [1.807, 2.05) is 4.90 Å². The van der Waals surface area contributed by atoms with Crippen LogP contribution in [0.25, 0.3) is 11.0 Å². The molecule has 2 fully saturated rings. The average molecular weight is 656 g/mol. The van der Waals surface area contributed by atoms with Crippen molar-refractivity contribution in [2.24, 2.45) is 5.92 Å². The quantitative estimate of drug-likeness (QED) is 0.184. The third-order valence-electron chi connectivity index (χ3n) is 7.71. The Bertz CT molecular complexity index is 1580. The normalized spacial score (nSPS) is 18.3. The molecule has 5 rings (SSSR count). The molecule has 1 aliphatic carbocycles. The van der Waals surface area contributed by atoms with E-state index in [-0.39, 0.29) is 54.3 Å². The number of amides is 4. The lowest BCUT2D eigenvalue weighted by Crippen LogP contribution is -2.40. The second-order valence-corrected chi connectivity index (χ2v) is 12.7. The number of aromatic nitrogens is 1. The van der Waals surface area contributed by atoms with Crippen molar-refractivity contribution in [1.82, 2.24) is 15.4 Å². The number of carbonyl (C=O) groups excluding carboxylic acids is 4. The Morgan fingerprint density at radius 1 is 1.07 bits per heavy atom. The summed E-state index contributed by atoms with van der Waals surface area (Å²) in [5, 5.41) is 6.51. The monoisotopic (exact) mass is 655 g/mol. The number of nitrogens with zero attached hydrogens (tertiary/aromatic N) is 2. The molecule has 0 atom stereocenters. The minimum absolute atomic E-state index is 0.0275. The third-order valence-corrected chi connectivity index (χ3v) is 7.93. The van der Waals surface area contributed by atoms with Crippen LogP contribution in [0.5, 0.6) is 5.75 Å². The molecule has 2 aromatic heterocycles. The molecule has 1 saturated carbocycles. The van der Waals surface area contributed by atoms with E-state index in [2.05, 4.69) is 21.1 Å². The highest BCUT2D eigenvalue weighted by atomic mass is 35.5. The molecule has 0 radical (unpaired) electrons. The largest absolute Gasteiger partial charge is 0.491 e. The number of benzene rings is 1. The molecular formula is C32H38ClN5O8. The van der Waals surface area contributed by atoms with E-state index < -0.39 is 17.6 Å². The van der Waals surface area contributed by atoms with E-state index in [1.165, 1.54) is 6.20 Å². The highest BCUT2D eigenvalue weighted by Crippen LogP contribution is 2.36. The molecule has 3 heterocycles. The van der Waals surface area contributed by atoms with Crippen LogP contribution in [0, 0.1) is 5.92 Å². The van der Waals surface area contributed by atoms with Crippen molar-refractivity contribution < 1.29 is 37.9 Å². The number of pyridine rings is 1. The number of hydrogen-bond acceptors (Lipinski definition) is 9. The van der Waals surface area contributed by atoms with Gasteiger partial charge in [0.2, 0.25) is 17.6 Å². The first-order valence-corrected chi connectivity index (χ1v) is 15.7. The van der Waals surface area contributed by atoms with Crippen molar-refractivity contribution in [1.29, 1.82) is 0 Å². The number of ether oxygens (including phenoxy) is 2. The molecule has 3 aromatic rings. The van der Waals surface area contributed by atoms with Gasteiger partial charge in [-0.2, -0.15) is 5.48 Å². The van der Waals surface area contributed by atoms with Crippen LogP contribution in [-0.4, -0.2) is 65.1 Å². The van der Waals surface area contributed by atoms with Crippen LogP contribution in [0.3, 0.4) is 0 Å². The predicted octanol–water partition coefficient (Wildman–Crippen LogP) is 5.69. The highest BCUT2D eigenvalue weighted by molar-refractivity contribution is 6.30. The molecule has 0 spiro atoms. The molecule has 4 amide bonds. The van der Waals surface area contributed by atoms with Crippen molar-refractivity contribution in [3.63, 3.8) is 0 Å². The number of fused-ring (bicyclic) bond motifs is 1. The average Bonchev–Trinajstić information content (AvgIpc) is 3.60. The van der Waals surface area contributed by atoms with Gasteiger partial charge in [0.05, 0.1) is 5.02 Å². The number of likely N-dealkylation sites (tertiary alicyclic amines) is 1. The molecule has 1 aliphatic heterocycles. The topological polar surface area (TPSA) is 161 Å². The number of halogens is 1. The number of anilines is 2. The Morgan fingerprint density at radius 3 is 2.52 bits per heavy atom. The van der Waals surface area contributed by atoms with E-state index in [9.17, 15) is 19.2 Å². The molecule has 13 nitrogen and oxygen atoms in total. The molecule has 46 heavy (non-hydrogen) atoms. The number of nitrogens with one attached hydrogen (secondary N) is 3. The Labute approximate surface area is 271 Å². The lowest BCUT2D eigenvalue weighted by atomic mass is 9.84. The number of hydroxylamine groups is 1. The zero-order chi connectivity index (χ0) is 32.8. The third kappa shape index (κ3) is 8.46. The van der Waals surface area contributed by atoms with E-state index in [0.29, 0.717) is 41.0 Å². The summed E-state index contributed by atoms with van der Waals surface area (Å²) in [5.74, 6) is -0.368. The van der Waals surface area contributed by atoms with Crippen LogP contribution >= 0.6 is 11.6 Å². The molecule has 2 aliphatic rings. The Kier molecular flexibility index (Phi) is 10.3. The Morgan fingerprint density at radius 2 is 1.85 bits per heavy atom. The zero-order valence-corrected chi connectivity index (χ0v) is 26.8. The van der Waals surface area contributed by atoms with Crippen LogP contribution < -0.4 is 20.9 Å². The van der Waals surface area contributed by atoms with Gasteiger partial charge in [-0.15, -0.1) is 0 Å². The SMILES string of the molecule is CC(C)(C)OC(=O)NOCCOc1ccc2oc(C(=O)Nc3ccc(Cl)cn3)c(NC(=O)[C@H]3CC[C@H](N4CCCC4=O)CC3)c2c1. The Hall–Kier alpha value is -4.36. The number of hydrogen-bond donors (Lipinski definition) is 3. The first-order chi connectivity index (χ1) is 22.0. The minimum Gasteiger partial charge on any atom is -0.491 e. The van der Waals surface area contributed by atoms with Crippen LogP contribution in [0.15, 0.2) is 40.9 Å². The number of furan rings is 1. The van der Waals surface area contributed by atoms with Gasteiger partial charge in [0.25, 0.3) is 5.91 Å². The van der Waals surface area contributed by atoms with Crippen LogP contribution in [0.1, 0.15) is 69.9 Å². The molecule has 0 bridgehead atoms. The standard InChI is InChI=1S/C32H38ClN5O8/c1-32(2,3)46-31(42)37-44-16-15-43-22-11-12-24-23(17-22)27(28(45-24)30(41)35-25-13-8-20(33)18-34-25)36-29(40)19-6-9-21(10-7-19)38-14-4-5-26(38)39/h8,11-13,17-19,21H,4-7,9-10,14-16H2,1-3H3,(H,36,40)(H,37,42)(H,34,35,41)/t19-,21-. The summed E-state index contributed by atoms with van der Waals surface area (Å²) in [5.41, 5.74) is 2.10. The molecular weight excluding hydrogens is 618 g/mol. The lowest BCUT2D eigenvalue weighted by Gasteiger charge is -2.34. The van der Waals surface area contributed by atoms with E-state index in [0.717, 1.165) is 25.8 Å². The predicted molar refractivity (Wildman–Crippen MR) is 170 cm³/mol. The summed E-state index contributed by atoms with van der Waals surface area (Å²) in [6, 6.07) is 8.25. The van der Waals surface area contributed by atoms with Gasteiger partial charge in [0, 0.05) is 36.5 Å². The molecule has 0 unspecified atom stereocenters. The minimum atomic E-state index is -0.717. The maximum atomic E-state index is 13.6. The van der Waals surface area contributed by atoms with E-state index >= 15 is 0 Å². The molecule has 246 valence electrons. The van der Waals surface area contributed by atoms with Gasteiger partial charge in [0.15, 0.2) is 0 Å². The molecule has 1 aromatic carbocycles. The van der Waals surface area contributed by atoms with Crippen molar-refractivity contribution in [2.75, 3.05) is 30.4 Å². The molecule has 1 saturated heterocycles. The second-order valence-electron chi connectivity index (χ2n) is 12.3. The summed E-state index contributed by atoms with van der Waals surface area (Å²) in [6.45, 7) is 6.11. The summed E-state index contributed by atoms with van der Waals surface area (Å²) in [7, 11) is 0. The van der Waals surface area contributed by atoms with Crippen LogP contribution in [0.4, 0.5) is 16.3 Å². The second kappa shape index (κ2) is 14.4. The Balaban J connectivity index is 1.28. The van der Waals surface area contributed by atoms with Gasteiger partial charge >= 0.3 is 6.09 Å². The first kappa shape index (κ1) is 33.0. The fourth-order valence-corrected chi connectivity index (χ4v) is 5.73. The van der Waals surface area contributed by atoms with E-state index in [1.54, 1.807) is 51.1 Å². The number of rotatable bonds is 10. The maximum absolute atomic E-state index is 13.6. The van der Waals surface area contributed by atoms with Gasteiger partial charge in [0.1, 0.15) is 41.7 Å². The van der Waals surface area contributed by atoms with Crippen molar-refractivity contribution in [3.05, 3.63) is 47.3 Å². The molecule has 3 N–H and O–H groups in total. The van der Waals surface area contributed by atoms with Crippen molar-refractivity contribution in [2.45, 2.75) is 70.9 Å². The van der Waals surface area contributed by atoms with Gasteiger partial charge in [-0.25, -0.2) is 9.78 Å². The zero-order valence-electron chi connectivity index (χ0n) is 26.0. The fraction of sp³-hybridized carbons (Fsp3) is 0.469. The van der Waals surface area contributed by atoms with Gasteiger partial charge in [-0.3, -0.25) is 19.2 Å².